The molecule has 3 rings (SSSR count). The van der Waals surface area contributed by atoms with Gasteiger partial charge in [0.15, 0.2) is 0 Å². The molecule has 1 aromatic heterocycles. The number of likely N-dealkylation sites (tertiary alicyclic amines) is 1. The molecule has 1 aliphatic rings. The molecule has 0 unspecified atom stereocenters. The van der Waals surface area contributed by atoms with E-state index in [4.69, 9.17) is 4.74 Å². The Morgan fingerprint density at radius 2 is 1.94 bits per heavy atom. The van der Waals surface area contributed by atoms with Crippen molar-refractivity contribution >= 4 is 12.0 Å². The molecule has 0 aliphatic carbocycles. The van der Waals surface area contributed by atoms with Gasteiger partial charge in [-0.15, -0.1) is 0 Å². The van der Waals surface area contributed by atoms with E-state index in [-0.39, 0.29) is 19.6 Å². The van der Waals surface area contributed by atoms with Crippen LogP contribution in [0.5, 0.6) is 0 Å². The molecule has 0 bridgehead atoms. The molecule has 1 aliphatic heterocycles. The Morgan fingerprint density at radius 1 is 1.26 bits per heavy atom. The average Bonchev–Trinajstić information content (AvgIpc) is 3.30. The first kappa shape index (κ1) is 22.8. The van der Waals surface area contributed by atoms with Gasteiger partial charge >= 0.3 is 6.09 Å². The first-order valence-corrected chi connectivity index (χ1v) is 10.3. The molecule has 0 saturated carbocycles. The van der Waals surface area contributed by atoms with Crippen molar-refractivity contribution in [3.05, 3.63) is 42.1 Å². The third-order valence-corrected chi connectivity index (χ3v) is 5.14. The van der Waals surface area contributed by atoms with Crippen LogP contribution in [-0.2, 0) is 16.6 Å². The Morgan fingerprint density at radius 3 is 2.48 bits per heavy atom. The van der Waals surface area contributed by atoms with Crippen LogP contribution in [0.4, 0.5) is 4.79 Å². The number of nitrogens with one attached hydrogen (secondary N) is 1. The van der Waals surface area contributed by atoms with Crippen molar-refractivity contribution in [2.24, 2.45) is 7.05 Å². The van der Waals surface area contributed by atoms with E-state index in [0.29, 0.717) is 0 Å². The summed E-state index contributed by atoms with van der Waals surface area (Å²) in [6.45, 7) is 4.94. The topological polar surface area (TPSA) is 117 Å². The lowest BCUT2D eigenvalue weighted by Crippen LogP contribution is -2.48. The Labute approximate surface area is 181 Å². The second kappa shape index (κ2) is 9.07. The summed E-state index contributed by atoms with van der Waals surface area (Å²) in [5.41, 5.74) is 1.92. The number of aromatic nitrogens is 2. The SMILES string of the molecule is Cn1nccc1-c1ccc([C@H](CO)NC(=O)[C@@H]2C[C@@H](O)CN2C(=O)OC(C)(C)C)cc1. The minimum absolute atomic E-state index is 0.0240. The number of benzene rings is 1. The Bertz CT molecular complexity index is 919. The van der Waals surface area contributed by atoms with E-state index in [1.807, 2.05) is 37.4 Å². The molecule has 3 N–H and O–H groups in total. The van der Waals surface area contributed by atoms with E-state index in [0.717, 1.165) is 16.8 Å². The zero-order valence-electron chi connectivity index (χ0n) is 18.3. The number of rotatable bonds is 5. The van der Waals surface area contributed by atoms with Gasteiger partial charge < -0.3 is 20.3 Å². The van der Waals surface area contributed by atoms with Gasteiger partial charge in [-0.05, 0) is 38.0 Å². The maximum Gasteiger partial charge on any atom is 0.411 e. The van der Waals surface area contributed by atoms with E-state index in [9.17, 15) is 19.8 Å². The number of carbonyl (C=O) groups excluding carboxylic acids is 2. The second-order valence-electron chi connectivity index (χ2n) is 8.74. The third kappa shape index (κ3) is 5.42. The van der Waals surface area contributed by atoms with Crippen molar-refractivity contribution in [2.75, 3.05) is 13.2 Å². The minimum Gasteiger partial charge on any atom is -0.444 e. The summed E-state index contributed by atoms with van der Waals surface area (Å²) in [5, 5.41) is 26.8. The lowest BCUT2D eigenvalue weighted by Gasteiger charge is -2.28. The van der Waals surface area contributed by atoms with E-state index < -0.39 is 35.8 Å². The largest absolute Gasteiger partial charge is 0.444 e. The van der Waals surface area contributed by atoms with Crippen LogP contribution >= 0.6 is 0 Å². The van der Waals surface area contributed by atoms with Crippen LogP contribution in [0.25, 0.3) is 11.3 Å². The highest BCUT2D eigenvalue weighted by atomic mass is 16.6. The normalized spacial score (nSPS) is 19.9. The molecule has 1 saturated heterocycles. The highest BCUT2D eigenvalue weighted by Gasteiger charge is 2.41. The first-order valence-electron chi connectivity index (χ1n) is 10.3. The summed E-state index contributed by atoms with van der Waals surface area (Å²) in [7, 11) is 1.85. The van der Waals surface area contributed by atoms with Crippen LogP contribution < -0.4 is 5.32 Å². The summed E-state index contributed by atoms with van der Waals surface area (Å²) in [5.74, 6) is -0.447. The van der Waals surface area contributed by atoms with Gasteiger partial charge in [0.25, 0.3) is 0 Å². The number of amides is 2. The fourth-order valence-electron chi connectivity index (χ4n) is 3.63. The molecule has 3 atom stereocenters. The zero-order valence-corrected chi connectivity index (χ0v) is 18.3. The average molecular weight is 431 g/mol. The van der Waals surface area contributed by atoms with Crippen LogP contribution in [-0.4, -0.2) is 67.8 Å². The molecule has 0 radical (unpaired) electrons. The molecule has 9 heteroatoms. The van der Waals surface area contributed by atoms with Crippen LogP contribution in [0.15, 0.2) is 36.5 Å². The predicted octanol–water partition coefficient (Wildman–Crippen LogP) is 1.61. The van der Waals surface area contributed by atoms with E-state index in [1.165, 1.54) is 4.90 Å². The van der Waals surface area contributed by atoms with Gasteiger partial charge in [-0.2, -0.15) is 5.10 Å². The van der Waals surface area contributed by atoms with Crippen LogP contribution in [0.3, 0.4) is 0 Å². The van der Waals surface area contributed by atoms with Crippen molar-refractivity contribution < 1.29 is 24.5 Å². The molecule has 31 heavy (non-hydrogen) atoms. The fourth-order valence-corrected chi connectivity index (χ4v) is 3.63. The highest BCUT2D eigenvalue weighted by molar-refractivity contribution is 5.86. The molecule has 2 amide bonds. The van der Waals surface area contributed by atoms with Gasteiger partial charge in [0.2, 0.25) is 5.91 Å². The number of ether oxygens (including phenoxy) is 1. The number of aliphatic hydroxyl groups is 2. The summed E-state index contributed by atoms with van der Waals surface area (Å²) >= 11 is 0. The van der Waals surface area contributed by atoms with Gasteiger partial charge in [0.1, 0.15) is 11.6 Å². The van der Waals surface area contributed by atoms with Crippen molar-refractivity contribution in [1.29, 1.82) is 0 Å². The maximum absolute atomic E-state index is 12.9. The van der Waals surface area contributed by atoms with E-state index in [2.05, 4.69) is 10.4 Å². The van der Waals surface area contributed by atoms with Gasteiger partial charge in [-0.3, -0.25) is 14.4 Å². The van der Waals surface area contributed by atoms with E-state index in [1.54, 1.807) is 31.6 Å². The maximum atomic E-state index is 12.9. The molecule has 2 aromatic rings. The summed E-state index contributed by atoms with van der Waals surface area (Å²) < 4.78 is 7.12. The number of aliphatic hydroxyl groups excluding tert-OH is 2. The Kier molecular flexibility index (Phi) is 6.66. The molecular formula is C22H30N4O5. The number of hydrogen-bond acceptors (Lipinski definition) is 6. The van der Waals surface area contributed by atoms with E-state index >= 15 is 0 Å². The lowest BCUT2D eigenvalue weighted by atomic mass is 10.0. The van der Waals surface area contributed by atoms with Crippen molar-refractivity contribution in [3.63, 3.8) is 0 Å². The Balaban J connectivity index is 1.71. The minimum atomic E-state index is -0.868. The van der Waals surface area contributed by atoms with Gasteiger partial charge in [-0.1, -0.05) is 24.3 Å². The first-order chi connectivity index (χ1) is 14.6. The van der Waals surface area contributed by atoms with Crippen LogP contribution in [0.2, 0.25) is 0 Å². The number of β-amino-alcohol motifs (C(OH)–C–C–N with tert-alkyl or cyclic N) is 1. The molecule has 0 spiro atoms. The van der Waals surface area contributed by atoms with Crippen LogP contribution in [0.1, 0.15) is 38.8 Å². The number of aryl methyl sites for hydroxylation is 1. The van der Waals surface area contributed by atoms with Crippen molar-refractivity contribution in [1.82, 2.24) is 20.0 Å². The lowest BCUT2D eigenvalue weighted by molar-refractivity contribution is -0.126. The quantitative estimate of drug-likeness (QED) is 0.664. The standard InChI is InChI=1S/C22H30N4O5/c1-22(2,3)31-21(30)26-12-16(28)11-19(26)20(29)24-17(13-27)14-5-7-15(8-6-14)18-9-10-23-25(18)4/h5-10,16-17,19,27-28H,11-13H2,1-4H3,(H,24,29)/t16-,17+,19+/m1/s1. The molecule has 2 heterocycles. The van der Waals surface area contributed by atoms with Crippen LogP contribution in [0, 0.1) is 0 Å². The third-order valence-electron chi connectivity index (χ3n) is 5.14. The summed E-state index contributed by atoms with van der Waals surface area (Å²) in [6, 6.07) is 7.84. The number of hydrogen-bond donors (Lipinski definition) is 3. The predicted molar refractivity (Wildman–Crippen MR) is 114 cm³/mol. The zero-order chi connectivity index (χ0) is 22.8. The van der Waals surface area contributed by atoms with Crippen molar-refractivity contribution in [2.45, 2.75) is 51.0 Å². The van der Waals surface area contributed by atoms with Gasteiger partial charge in [0, 0.05) is 19.7 Å². The smallest absolute Gasteiger partial charge is 0.411 e. The number of carbonyl (C=O) groups is 2. The molecule has 1 fully saturated rings. The fraction of sp³-hybridized carbons (Fsp3) is 0.500. The molecule has 9 nitrogen and oxygen atoms in total. The summed E-state index contributed by atoms with van der Waals surface area (Å²) in [6.07, 6.45) is 0.369. The van der Waals surface area contributed by atoms with Crippen molar-refractivity contribution in [3.8, 4) is 11.3 Å². The van der Waals surface area contributed by atoms with Gasteiger partial charge in [-0.25, -0.2) is 4.79 Å². The monoisotopic (exact) mass is 430 g/mol. The van der Waals surface area contributed by atoms with Gasteiger partial charge in [0.05, 0.1) is 31.0 Å². The highest BCUT2D eigenvalue weighted by Crippen LogP contribution is 2.24. The number of nitrogens with zero attached hydrogens (tertiary/aromatic N) is 3. The second-order valence-corrected chi connectivity index (χ2v) is 8.74. The molecular weight excluding hydrogens is 400 g/mol. The molecule has 1 aromatic carbocycles. The summed E-state index contributed by atoms with van der Waals surface area (Å²) in [4.78, 5) is 26.6. The Hall–Kier alpha value is -2.91. The molecule has 168 valence electrons.